The summed E-state index contributed by atoms with van der Waals surface area (Å²) in [6.07, 6.45) is 8.86. The Morgan fingerprint density at radius 2 is 1.78 bits per heavy atom. The average Bonchev–Trinajstić information content (AvgIpc) is 3.24. The molecule has 4 aromatic rings. The molecule has 1 unspecified atom stereocenters. The van der Waals surface area contributed by atoms with Crippen LogP contribution in [0.4, 0.5) is 11.5 Å². The molecule has 1 atom stereocenters. The highest BCUT2D eigenvalue weighted by molar-refractivity contribution is 5.63. The Labute approximate surface area is 189 Å². The van der Waals surface area contributed by atoms with Crippen LogP contribution in [-0.4, -0.2) is 14.8 Å². The maximum atomic E-state index is 4.77. The molecule has 0 spiro atoms. The van der Waals surface area contributed by atoms with Crippen LogP contribution >= 0.6 is 0 Å². The fourth-order valence-corrected chi connectivity index (χ4v) is 4.19. The normalized spacial score (nSPS) is 13.9. The van der Waals surface area contributed by atoms with Crippen molar-refractivity contribution in [2.24, 2.45) is 0 Å². The van der Waals surface area contributed by atoms with Crippen molar-refractivity contribution in [2.75, 3.05) is 10.2 Å². The molecule has 0 saturated heterocycles. The van der Waals surface area contributed by atoms with E-state index in [9.17, 15) is 0 Å². The number of rotatable bonds is 6. The molecule has 5 heteroatoms. The Bertz CT molecular complexity index is 1210. The van der Waals surface area contributed by atoms with Crippen LogP contribution in [0.2, 0.25) is 0 Å². The summed E-state index contributed by atoms with van der Waals surface area (Å²) in [6, 6.07) is 23.2. The lowest BCUT2D eigenvalue weighted by atomic mass is 10.0. The number of anilines is 2. The third-order valence-corrected chi connectivity index (χ3v) is 5.94. The van der Waals surface area contributed by atoms with Gasteiger partial charge in [-0.15, -0.1) is 0 Å². The molecular formula is C27H27N5. The number of hydrogen-bond acceptors (Lipinski definition) is 4. The predicted molar refractivity (Wildman–Crippen MR) is 129 cm³/mol. The van der Waals surface area contributed by atoms with Crippen molar-refractivity contribution in [3.63, 3.8) is 0 Å². The van der Waals surface area contributed by atoms with E-state index in [1.54, 1.807) is 0 Å². The zero-order chi connectivity index (χ0) is 21.9. The average molecular weight is 422 g/mol. The van der Waals surface area contributed by atoms with Crippen molar-refractivity contribution in [1.29, 1.82) is 0 Å². The minimum Gasteiger partial charge on any atom is -0.342 e. The first-order chi connectivity index (χ1) is 15.7. The minimum absolute atomic E-state index is 0.0816. The summed E-state index contributed by atoms with van der Waals surface area (Å²) >= 11 is 0. The molecule has 3 heterocycles. The fraction of sp³-hybridized carbons (Fsp3) is 0.185. The lowest BCUT2D eigenvalue weighted by molar-refractivity contribution is 0.634. The molecule has 0 amide bonds. The minimum atomic E-state index is 0.0816. The second kappa shape index (κ2) is 8.71. The number of benzene rings is 2. The van der Waals surface area contributed by atoms with E-state index in [1.165, 1.54) is 16.7 Å². The van der Waals surface area contributed by atoms with E-state index in [-0.39, 0.29) is 6.04 Å². The molecule has 1 aliphatic heterocycles. The van der Waals surface area contributed by atoms with E-state index in [2.05, 4.69) is 94.4 Å². The SMILES string of the molecule is Cc1ccc(NC2=CCc3cnn(Cc4ccccc4)c3N2C(C)c2cccnc2)cc1. The zero-order valence-electron chi connectivity index (χ0n) is 18.4. The van der Waals surface area contributed by atoms with E-state index in [1.807, 2.05) is 30.7 Å². The number of nitrogens with zero attached hydrogens (tertiary/aromatic N) is 4. The molecule has 0 bridgehead atoms. The third kappa shape index (κ3) is 4.02. The lowest BCUT2D eigenvalue weighted by Crippen LogP contribution is -2.34. The number of nitrogens with one attached hydrogen (secondary N) is 1. The van der Waals surface area contributed by atoms with Crippen molar-refractivity contribution in [2.45, 2.75) is 32.9 Å². The number of aryl methyl sites for hydroxylation is 1. The van der Waals surface area contributed by atoms with Crippen LogP contribution < -0.4 is 10.2 Å². The molecule has 0 saturated carbocycles. The van der Waals surface area contributed by atoms with Gasteiger partial charge in [-0.3, -0.25) is 4.98 Å². The summed E-state index contributed by atoms with van der Waals surface area (Å²) in [5.74, 6) is 2.19. The van der Waals surface area contributed by atoms with Crippen molar-refractivity contribution >= 4 is 11.5 Å². The van der Waals surface area contributed by atoms with Gasteiger partial charge >= 0.3 is 0 Å². The van der Waals surface area contributed by atoms with E-state index in [0.717, 1.165) is 35.9 Å². The maximum absolute atomic E-state index is 4.77. The molecule has 2 aromatic heterocycles. The van der Waals surface area contributed by atoms with Gasteiger partial charge in [0.2, 0.25) is 0 Å². The van der Waals surface area contributed by atoms with E-state index >= 15 is 0 Å². The van der Waals surface area contributed by atoms with Gasteiger partial charge in [0.1, 0.15) is 11.6 Å². The van der Waals surface area contributed by atoms with Gasteiger partial charge in [-0.25, -0.2) is 4.68 Å². The quantitative estimate of drug-likeness (QED) is 0.433. The smallest absolute Gasteiger partial charge is 0.136 e. The first-order valence-electron chi connectivity index (χ1n) is 11.0. The van der Waals surface area contributed by atoms with E-state index in [4.69, 9.17) is 5.10 Å². The van der Waals surface area contributed by atoms with Gasteiger partial charge < -0.3 is 10.2 Å². The second-order valence-electron chi connectivity index (χ2n) is 8.25. The summed E-state index contributed by atoms with van der Waals surface area (Å²) in [4.78, 5) is 6.72. The zero-order valence-corrected chi connectivity index (χ0v) is 18.4. The van der Waals surface area contributed by atoms with Crippen molar-refractivity contribution in [3.8, 4) is 0 Å². The molecule has 160 valence electrons. The Hall–Kier alpha value is -3.86. The van der Waals surface area contributed by atoms with Crippen LogP contribution in [0.3, 0.4) is 0 Å². The summed E-state index contributed by atoms with van der Waals surface area (Å²) in [6.45, 7) is 5.05. The van der Waals surface area contributed by atoms with Gasteiger partial charge in [0, 0.05) is 23.6 Å². The highest BCUT2D eigenvalue weighted by Gasteiger charge is 2.29. The molecular weight excluding hydrogens is 394 g/mol. The van der Waals surface area contributed by atoms with Gasteiger partial charge in [-0.1, -0.05) is 54.1 Å². The predicted octanol–water partition coefficient (Wildman–Crippen LogP) is 5.71. The summed E-state index contributed by atoms with van der Waals surface area (Å²) in [7, 11) is 0. The molecule has 0 fully saturated rings. The van der Waals surface area contributed by atoms with Gasteiger partial charge in [-0.2, -0.15) is 5.10 Å². The van der Waals surface area contributed by atoms with E-state index < -0.39 is 0 Å². The summed E-state index contributed by atoms with van der Waals surface area (Å²) in [5, 5.41) is 8.43. The van der Waals surface area contributed by atoms with Crippen LogP contribution in [0, 0.1) is 6.92 Å². The molecule has 32 heavy (non-hydrogen) atoms. The Morgan fingerprint density at radius 3 is 2.53 bits per heavy atom. The molecule has 5 rings (SSSR count). The van der Waals surface area contributed by atoms with Crippen LogP contribution in [0.5, 0.6) is 0 Å². The standard InChI is InChI=1S/C27H27N5/c1-20-10-13-25(14-11-20)30-26-15-12-24-18-29-31(19-22-7-4-3-5-8-22)27(24)32(26)21(2)23-9-6-16-28-17-23/h3-11,13-18,21,30H,12,19H2,1-2H3. The first kappa shape index (κ1) is 20.1. The van der Waals surface area contributed by atoms with Crippen LogP contribution in [-0.2, 0) is 13.0 Å². The molecule has 2 aromatic carbocycles. The molecule has 5 nitrogen and oxygen atoms in total. The highest BCUT2D eigenvalue weighted by Crippen LogP contribution is 2.37. The van der Waals surface area contributed by atoms with Crippen LogP contribution in [0.1, 0.15) is 35.2 Å². The molecule has 0 aliphatic carbocycles. The topological polar surface area (TPSA) is 46.0 Å². The highest BCUT2D eigenvalue weighted by atomic mass is 15.4. The number of hydrogen-bond donors (Lipinski definition) is 1. The first-order valence-corrected chi connectivity index (χ1v) is 11.0. The van der Waals surface area contributed by atoms with Crippen molar-refractivity contribution < 1.29 is 0 Å². The van der Waals surface area contributed by atoms with Crippen molar-refractivity contribution in [1.82, 2.24) is 14.8 Å². The van der Waals surface area contributed by atoms with Gasteiger partial charge in [-0.05, 0) is 55.7 Å². The van der Waals surface area contributed by atoms with E-state index in [0.29, 0.717) is 0 Å². The Balaban J connectivity index is 1.55. The number of allylic oxidation sites excluding steroid dienone is 1. The second-order valence-corrected chi connectivity index (χ2v) is 8.25. The maximum Gasteiger partial charge on any atom is 0.136 e. The van der Waals surface area contributed by atoms with Crippen LogP contribution in [0.15, 0.2) is 97.2 Å². The summed E-state index contributed by atoms with van der Waals surface area (Å²) < 4.78 is 2.11. The summed E-state index contributed by atoms with van der Waals surface area (Å²) in [5.41, 5.74) is 5.94. The Morgan fingerprint density at radius 1 is 0.969 bits per heavy atom. The molecule has 0 radical (unpaired) electrons. The lowest BCUT2D eigenvalue weighted by Gasteiger charge is -2.37. The van der Waals surface area contributed by atoms with Crippen LogP contribution in [0.25, 0.3) is 0 Å². The van der Waals surface area contributed by atoms with Crippen molar-refractivity contribution in [3.05, 3.63) is 119 Å². The van der Waals surface area contributed by atoms with Gasteiger partial charge in [0.15, 0.2) is 0 Å². The fourth-order valence-electron chi connectivity index (χ4n) is 4.19. The Kier molecular flexibility index (Phi) is 5.46. The molecule has 1 aliphatic rings. The molecule has 1 N–H and O–H groups in total. The van der Waals surface area contributed by atoms with Gasteiger partial charge in [0.05, 0.1) is 18.8 Å². The number of fused-ring (bicyclic) bond motifs is 1. The largest absolute Gasteiger partial charge is 0.342 e. The number of pyridine rings is 1. The monoisotopic (exact) mass is 421 g/mol. The third-order valence-electron chi connectivity index (χ3n) is 5.94. The van der Waals surface area contributed by atoms with Gasteiger partial charge in [0.25, 0.3) is 0 Å². The number of aromatic nitrogens is 3.